The number of hydrogen-bond acceptors (Lipinski definition) is 3. The molecule has 0 saturated heterocycles. The average Bonchev–Trinajstić information content (AvgIpc) is 2.52. The molecule has 4 heteroatoms. The lowest BCUT2D eigenvalue weighted by molar-refractivity contribution is 0.282. The van der Waals surface area contributed by atoms with Gasteiger partial charge in [-0.15, -0.1) is 0 Å². The van der Waals surface area contributed by atoms with Crippen LogP contribution in [-0.2, 0) is 13.2 Å². The lowest BCUT2D eigenvalue weighted by Crippen LogP contribution is -2.22. The van der Waals surface area contributed by atoms with Crippen molar-refractivity contribution in [3.05, 3.63) is 58.6 Å². The number of benzene rings is 2. The number of anilines is 1. The largest absolute Gasteiger partial charge is 0.497 e. The summed E-state index contributed by atoms with van der Waals surface area (Å²) in [5.74, 6) is 0.859. The zero-order valence-electron chi connectivity index (χ0n) is 12.3. The van der Waals surface area contributed by atoms with Crippen LogP contribution in [0.4, 0.5) is 5.69 Å². The van der Waals surface area contributed by atoms with Crippen LogP contribution in [0, 0.1) is 0 Å². The van der Waals surface area contributed by atoms with Crippen LogP contribution in [0.1, 0.15) is 18.1 Å². The van der Waals surface area contributed by atoms with Gasteiger partial charge in [0.05, 0.1) is 13.7 Å². The summed E-state index contributed by atoms with van der Waals surface area (Å²) < 4.78 is 5.26. The Hall–Kier alpha value is -1.71. The summed E-state index contributed by atoms with van der Waals surface area (Å²) in [5, 5.41) is 9.78. The highest BCUT2D eigenvalue weighted by atomic mass is 35.5. The fourth-order valence-corrected chi connectivity index (χ4v) is 2.47. The number of ether oxygens (including phenoxy) is 1. The lowest BCUT2D eigenvalue weighted by Gasteiger charge is -2.24. The second kappa shape index (κ2) is 7.34. The van der Waals surface area contributed by atoms with E-state index in [2.05, 4.69) is 17.9 Å². The highest BCUT2D eigenvalue weighted by Crippen LogP contribution is 2.25. The summed E-state index contributed by atoms with van der Waals surface area (Å²) in [6.45, 7) is 3.71. The van der Waals surface area contributed by atoms with E-state index in [1.807, 2.05) is 36.4 Å². The van der Waals surface area contributed by atoms with Gasteiger partial charge < -0.3 is 14.7 Å². The van der Waals surface area contributed by atoms with Gasteiger partial charge in [0.15, 0.2) is 0 Å². The van der Waals surface area contributed by atoms with Crippen molar-refractivity contribution in [2.75, 3.05) is 18.6 Å². The summed E-state index contributed by atoms with van der Waals surface area (Å²) >= 11 is 6.17. The molecule has 112 valence electrons. The Morgan fingerprint density at radius 1 is 1.19 bits per heavy atom. The van der Waals surface area contributed by atoms with Gasteiger partial charge in [0.2, 0.25) is 0 Å². The van der Waals surface area contributed by atoms with Gasteiger partial charge in [0.1, 0.15) is 5.75 Å². The van der Waals surface area contributed by atoms with E-state index in [0.29, 0.717) is 5.02 Å². The molecule has 0 fully saturated rings. The van der Waals surface area contributed by atoms with Crippen molar-refractivity contribution in [3.8, 4) is 5.75 Å². The van der Waals surface area contributed by atoms with Gasteiger partial charge in [-0.3, -0.25) is 0 Å². The molecule has 2 rings (SSSR count). The average molecular weight is 306 g/mol. The van der Waals surface area contributed by atoms with Crippen molar-refractivity contribution in [2.45, 2.75) is 20.1 Å². The predicted molar refractivity (Wildman–Crippen MR) is 87.1 cm³/mol. The summed E-state index contributed by atoms with van der Waals surface area (Å²) in [7, 11) is 1.67. The maximum Gasteiger partial charge on any atom is 0.119 e. The van der Waals surface area contributed by atoms with E-state index in [4.69, 9.17) is 16.3 Å². The second-order valence-corrected chi connectivity index (χ2v) is 5.21. The van der Waals surface area contributed by atoms with Crippen molar-refractivity contribution >= 4 is 17.3 Å². The third-order valence-electron chi connectivity index (χ3n) is 3.46. The standard InChI is InChI=1S/C17H20ClNO2/c1-3-19(11-13-5-4-6-16(9-13)21-2)15-8-7-14(12-20)17(18)10-15/h4-10,20H,3,11-12H2,1-2H3. The molecule has 0 aliphatic heterocycles. The van der Waals surface area contributed by atoms with Crippen LogP contribution in [0.3, 0.4) is 0 Å². The van der Waals surface area contributed by atoms with Crippen LogP contribution >= 0.6 is 11.6 Å². The van der Waals surface area contributed by atoms with E-state index in [0.717, 1.165) is 30.1 Å². The number of hydrogen-bond donors (Lipinski definition) is 1. The molecule has 0 unspecified atom stereocenters. The van der Waals surface area contributed by atoms with Crippen LogP contribution in [0.5, 0.6) is 5.75 Å². The molecule has 0 aliphatic rings. The van der Waals surface area contributed by atoms with Gasteiger partial charge in [-0.05, 0) is 42.3 Å². The van der Waals surface area contributed by atoms with E-state index >= 15 is 0 Å². The van der Waals surface area contributed by atoms with Crippen LogP contribution in [0.25, 0.3) is 0 Å². The number of halogens is 1. The third kappa shape index (κ3) is 3.90. The Bertz CT molecular complexity index is 601. The number of rotatable bonds is 6. The van der Waals surface area contributed by atoms with Gasteiger partial charge in [-0.25, -0.2) is 0 Å². The molecule has 0 heterocycles. The maximum atomic E-state index is 9.19. The molecule has 2 aromatic rings. The summed E-state index contributed by atoms with van der Waals surface area (Å²) in [4.78, 5) is 2.22. The molecule has 3 nitrogen and oxygen atoms in total. The van der Waals surface area contributed by atoms with Crippen molar-refractivity contribution < 1.29 is 9.84 Å². The zero-order chi connectivity index (χ0) is 15.2. The maximum absolute atomic E-state index is 9.19. The normalized spacial score (nSPS) is 10.5. The van der Waals surface area contributed by atoms with Crippen molar-refractivity contribution in [1.29, 1.82) is 0 Å². The Morgan fingerprint density at radius 2 is 2.00 bits per heavy atom. The molecule has 1 N–H and O–H groups in total. The molecule has 21 heavy (non-hydrogen) atoms. The van der Waals surface area contributed by atoms with Gasteiger partial charge >= 0.3 is 0 Å². The van der Waals surface area contributed by atoms with E-state index in [1.54, 1.807) is 7.11 Å². The summed E-state index contributed by atoms with van der Waals surface area (Å²) in [5.41, 5.74) is 2.97. The fourth-order valence-electron chi connectivity index (χ4n) is 2.24. The first-order chi connectivity index (χ1) is 10.2. The van der Waals surface area contributed by atoms with E-state index in [-0.39, 0.29) is 6.61 Å². The van der Waals surface area contributed by atoms with Crippen LogP contribution in [-0.4, -0.2) is 18.8 Å². The summed E-state index contributed by atoms with van der Waals surface area (Å²) in [6.07, 6.45) is 0. The zero-order valence-corrected chi connectivity index (χ0v) is 13.1. The Balaban J connectivity index is 2.21. The quantitative estimate of drug-likeness (QED) is 0.879. The smallest absolute Gasteiger partial charge is 0.119 e. The molecule has 0 bridgehead atoms. The van der Waals surface area contributed by atoms with Gasteiger partial charge in [0, 0.05) is 23.8 Å². The first-order valence-electron chi connectivity index (χ1n) is 6.95. The minimum absolute atomic E-state index is 0.0406. The number of aliphatic hydroxyl groups is 1. The second-order valence-electron chi connectivity index (χ2n) is 4.80. The van der Waals surface area contributed by atoms with Gasteiger partial charge in [-0.1, -0.05) is 29.8 Å². The third-order valence-corrected chi connectivity index (χ3v) is 3.81. The van der Waals surface area contributed by atoms with Crippen molar-refractivity contribution in [3.63, 3.8) is 0 Å². The lowest BCUT2D eigenvalue weighted by atomic mass is 10.1. The SMILES string of the molecule is CCN(Cc1cccc(OC)c1)c1ccc(CO)c(Cl)c1. The first kappa shape index (κ1) is 15.7. The minimum atomic E-state index is -0.0406. The molecular formula is C17H20ClNO2. The molecule has 0 spiro atoms. The van der Waals surface area contributed by atoms with Gasteiger partial charge in [-0.2, -0.15) is 0 Å². The highest BCUT2D eigenvalue weighted by molar-refractivity contribution is 6.31. The van der Waals surface area contributed by atoms with Crippen molar-refractivity contribution in [1.82, 2.24) is 0 Å². The van der Waals surface area contributed by atoms with E-state index in [9.17, 15) is 5.11 Å². The molecule has 0 aromatic heterocycles. The van der Waals surface area contributed by atoms with Crippen molar-refractivity contribution in [2.24, 2.45) is 0 Å². The molecule has 0 radical (unpaired) electrons. The molecule has 0 amide bonds. The Morgan fingerprint density at radius 3 is 2.62 bits per heavy atom. The Kier molecular flexibility index (Phi) is 5.48. The van der Waals surface area contributed by atoms with Crippen LogP contribution < -0.4 is 9.64 Å². The molecule has 0 aliphatic carbocycles. The number of methoxy groups -OCH3 is 1. The van der Waals surface area contributed by atoms with Crippen LogP contribution in [0.2, 0.25) is 5.02 Å². The minimum Gasteiger partial charge on any atom is -0.497 e. The predicted octanol–water partition coefficient (Wildman–Crippen LogP) is 3.87. The monoisotopic (exact) mass is 305 g/mol. The topological polar surface area (TPSA) is 32.7 Å². The Labute approximate surface area is 130 Å². The number of aliphatic hydroxyl groups excluding tert-OH is 1. The summed E-state index contributed by atoms with van der Waals surface area (Å²) in [6, 6.07) is 13.8. The highest BCUT2D eigenvalue weighted by Gasteiger charge is 2.08. The van der Waals surface area contributed by atoms with E-state index < -0.39 is 0 Å². The van der Waals surface area contributed by atoms with Crippen LogP contribution in [0.15, 0.2) is 42.5 Å². The van der Waals surface area contributed by atoms with Gasteiger partial charge in [0.25, 0.3) is 0 Å². The first-order valence-corrected chi connectivity index (χ1v) is 7.33. The molecule has 0 atom stereocenters. The molecule has 2 aromatic carbocycles. The number of nitrogens with zero attached hydrogens (tertiary/aromatic N) is 1. The molecule has 0 saturated carbocycles. The fraction of sp³-hybridized carbons (Fsp3) is 0.294. The molecular weight excluding hydrogens is 286 g/mol. The van der Waals surface area contributed by atoms with E-state index in [1.165, 1.54) is 5.56 Å².